The first-order chi connectivity index (χ1) is 7.61. The van der Waals surface area contributed by atoms with Crippen LogP contribution < -0.4 is 0 Å². The van der Waals surface area contributed by atoms with Crippen molar-refractivity contribution < 1.29 is 9.84 Å². The van der Waals surface area contributed by atoms with Crippen LogP contribution in [0.3, 0.4) is 0 Å². The summed E-state index contributed by atoms with van der Waals surface area (Å²) in [5.41, 5.74) is 0.794. The number of nitrogens with zero attached hydrogens (tertiary/aromatic N) is 2. The van der Waals surface area contributed by atoms with Crippen LogP contribution in [0.1, 0.15) is 39.0 Å². The quantitative estimate of drug-likeness (QED) is 0.876. The van der Waals surface area contributed by atoms with E-state index < -0.39 is 6.10 Å². The second kappa shape index (κ2) is 6.37. The molecule has 4 nitrogen and oxygen atoms in total. The van der Waals surface area contributed by atoms with Crippen molar-refractivity contribution in [2.45, 2.75) is 45.9 Å². The summed E-state index contributed by atoms with van der Waals surface area (Å²) < 4.78 is 8.06. The van der Waals surface area contributed by atoms with Crippen LogP contribution in [-0.4, -0.2) is 27.6 Å². The number of aliphatic hydroxyl groups excluding tert-OH is 1. The van der Waals surface area contributed by atoms with E-state index in [9.17, 15) is 5.11 Å². The molecule has 92 valence electrons. The van der Waals surface area contributed by atoms with Crippen molar-refractivity contribution in [2.75, 3.05) is 6.61 Å². The third kappa shape index (κ3) is 3.06. The summed E-state index contributed by atoms with van der Waals surface area (Å²) in [5.74, 6) is 0. The first-order valence-electron chi connectivity index (χ1n) is 5.62. The molecule has 0 saturated carbocycles. The van der Waals surface area contributed by atoms with Gasteiger partial charge in [0, 0.05) is 13.2 Å². The summed E-state index contributed by atoms with van der Waals surface area (Å²) in [5, 5.41) is 14.4. The minimum atomic E-state index is -0.650. The maximum absolute atomic E-state index is 10.2. The molecule has 2 atom stereocenters. The third-order valence-electron chi connectivity index (χ3n) is 2.42. The Morgan fingerprint density at radius 1 is 1.56 bits per heavy atom. The van der Waals surface area contributed by atoms with Crippen LogP contribution in [0.2, 0.25) is 0 Å². The highest BCUT2D eigenvalue weighted by Crippen LogP contribution is 2.26. The van der Waals surface area contributed by atoms with Crippen molar-refractivity contribution in [3.63, 3.8) is 0 Å². The fraction of sp³-hybridized carbons (Fsp3) is 0.727. The zero-order chi connectivity index (χ0) is 12.1. The molecule has 2 unspecified atom stereocenters. The lowest BCUT2D eigenvalue weighted by atomic mass is 10.1. The van der Waals surface area contributed by atoms with Crippen molar-refractivity contribution >= 4 is 15.9 Å². The maximum Gasteiger partial charge on any atom is 0.123 e. The van der Waals surface area contributed by atoms with E-state index in [1.165, 1.54) is 0 Å². The van der Waals surface area contributed by atoms with Gasteiger partial charge in [0.25, 0.3) is 0 Å². The number of halogens is 1. The average molecular weight is 291 g/mol. The Bertz CT molecular complexity index is 328. The standard InChI is InChI=1S/C11H19BrN2O2/c1-4-6-14-10(9(12)7-13-14)11(15)8(3)16-5-2/h7-8,11,15H,4-6H2,1-3H3. The molecular weight excluding hydrogens is 272 g/mol. The van der Waals surface area contributed by atoms with Gasteiger partial charge in [-0.1, -0.05) is 6.92 Å². The second-order valence-electron chi connectivity index (χ2n) is 3.71. The smallest absolute Gasteiger partial charge is 0.123 e. The van der Waals surface area contributed by atoms with Gasteiger partial charge in [-0.3, -0.25) is 4.68 Å². The molecule has 0 fully saturated rings. The van der Waals surface area contributed by atoms with Gasteiger partial charge in [-0.25, -0.2) is 0 Å². The minimum absolute atomic E-state index is 0.228. The molecule has 1 rings (SSSR count). The molecule has 5 heteroatoms. The number of rotatable bonds is 6. The predicted octanol–water partition coefficient (Wildman–Crippen LogP) is 2.51. The highest BCUT2D eigenvalue weighted by atomic mass is 79.9. The second-order valence-corrected chi connectivity index (χ2v) is 4.56. The van der Waals surface area contributed by atoms with Crippen molar-refractivity contribution in [2.24, 2.45) is 0 Å². The van der Waals surface area contributed by atoms with Gasteiger partial charge in [0.2, 0.25) is 0 Å². The summed E-state index contributed by atoms with van der Waals surface area (Å²) in [4.78, 5) is 0. The van der Waals surface area contributed by atoms with Gasteiger partial charge in [-0.2, -0.15) is 5.10 Å². The van der Waals surface area contributed by atoms with Crippen molar-refractivity contribution in [1.29, 1.82) is 0 Å². The van der Waals surface area contributed by atoms with Gasteiger partial charge in [0.1, 0.15) is 6.10 Å². The molecule has 0 aliphatic heterocycles. The van der Waals surface area contributed by atoms with Crippen LogP contribution in [0.5, 0.6) is 0 Å². The first-order valence-corrected chi connectivity index (χ1v) is 6.41. The van der Waals surface area contributed by atoms with Crippen LogP contribution in [0.25, 0.3) is 0 Å². The van der Waals surface area contributed by atoms with E-state index in [4.69, 9.17) is 4.74 Å². The number of aryl methyl sites for hydroxylation is 1. The van der Waals surface area contributed by atoms with Crippen LogP contribution >= 0.6 is 15.9 Å². The van der Waals surface area contributed by atoms with Gasteiger partial charge < -0.3 is 9.84 Å². The number of aliphatic hydroxyl groups is 1. The number of hydrogen-bond acceptors (Lipinski definition) is 3. The molecule has 0 saturated heterocycles. The zero-order valence-corrected chi connectivity index (χ0v) is 11.6. The number of aromatic nitrogens is 2. The van der Waals surface area contributed by atoms with E-state index in [-0.39, 0.29) is 6.10 Å². The predicted molar refractivity (Wildman–Crippen MR) is 66.3 cm³/mol. The average Bonchev–Trinajstić information content (AvgIpc) is 2.60. The van der Waals surface area contributed by atoms with E-state index in [0.717, 1.165) is 23.1 Å². The van der Waals surface area contributed by atoms with E-state index in [1.54, 1.807) is 6.20 Å². The summed E-state index contributed by atoms with van der Waals surface area (Å²) >= 11 is 3.41. The lowest BCUT2D eigenvalue weighted by Gasteiger charge is -2.20. The molecule has 1 aromatic rings. The van der Waals surface area contributed by atoms with Crippen molar-refractivity contribution in [3.05, 3.63) is 16.4 Å². The molecule has 0 radical (unpaired) electrons. The molecule has 1 aromatic heterocycles. The summed E-state index contributed by atoms with van der Waals surface area (Å²) in [7, 11) is 0. The van der Waals surface area contributed by atoms with Crippen LogP contribution in [0.4, 0.5) is 0 Å². The van der Waals surface area contributed by atoms with Gasteiger partial charge in [0.15, 0.2) is 0 Å². The van der Waals surface area contributed by atoms with Gasteiger partial charge in [-0.05, 0) is 36.2 Å². The molecule has 0 aliphatic rings. The minimum Gasteiger partial charge on any atom is -0.384 e. The SMILES string of the molecule is CCCn1ncc(Br)c1C(O)C(C)OCC. The lowest BCUT2D eigenvalue weighted by molar-refractivity contribution is -0.0269. The molecular formula is C11H19BrN2O2. The monoisotopic (exact) mass is 290 g/mol. The molecule has 0 amide bonds. The lowest BCUT2D eigenvalue weighted by Crippen LogP contribution is -2.22. The Kier molecular flexibility index (Phi) is 5.44. The molecule has 0 spiro atoms. The molecule has 0 bridgehead atoms. The summed E-state index contributed by atoms with van der Waals surface area (Å²) in [6.45, 7) is 7.26. The Balaban J connectivity index is 2.87. The van der Waals surface area contributed by atoms with E-state index >= 15 is 0 Å². The topological polar surface area (TPSA) is 47.3 Å². The third-order valence-corrected chi connectivity index (χ3v) is 3.03. The number of hydrogen-bond donors (Lipinski definition) is 1. The first kappa shape index (κ1) is 13.7. The normalized spacial score (nSPS) is 15.1. The van der Waals surface area contributed by atoms with Gasteiger partial charge in [-0.15, -0.1) is 0 Å². The Morgan fingerprint density at radius 3 is 2.81 bits per heavy atom. The van der Waals surface area contributed by atoms with Gasteiger partial charge >= 0.3 is 0 Å². The molecule has 0 aromatic carbocycles. The fourth-order valence-corrected chi connectivity index (χ4v) is 2.16. The Hall–Kier alpha value is -0.390. The maximum atomic E-state index is 10.2. The Morgan fingerprint density at radius 2 is 2.25 bits per heavy atom. The van der Waals surface area contributed by atoms with E-state index in [1.807, 2.05) is 18.5 Å². The van der Waals surface area contributed by atoms with Crippen LogP contribution in [-0.2, 0) is 11.3 Å². The summed E-state index contributed by atoms with van der Waals surface area (Å²) in [6.07, 6.45) is 1.82. The van der Waals surface area contributed by atoms with Crippen LogP contribution in [0.15, 0.2) is 10.7 Å². The van der Waals surface area contributed by atoms with Crippen molar-refractivity contribution in [1.82, 2.24) is 9.78 Å². The highest BCUT2D eigenvalue weighted by Gasteiger charge is 2.23. The molecule has 0 aliphatic carbocycles. The zero-order valence-electron chi connectivity index (χ0n) is 9.98. The molecule has 1 N–H and O–H groups in total. The van der Waals surface area contributed by atoms with E-state index in [0.29, 0.717) is 6.61 Å². The van der Waals surface area contributed by atoms with E-state index in [2.05, 4.69) is 28.0 Å². The number of ether oxygens (including phenoxy) is 1. The fourth-order valence-electron chi connectivity index (χ4n) is 1.63. The van der Waals surface area contributed by atoms with Gasteiger partial charge in [0.05, 0.1) is 22.5 Å². The van der Waals surface area contributed by atoms with Crippen molar-refractivity contribution in [3.8, 4) is 0 Å². The molecule has 16 heavy (non-hydrogen) atoms. The van der Waals surface area contributed by atoms with Crippen LogP contribution in [0, 0.1) is 0 Å². The summed E-state index contributed by atoms with van der Waals surface area (Å²) in [6, 6.07) is 0. The Labute approximate surface area is 105 Å². The highest BCUT2D eigenvalue weighted by molar-refractivity contribution is 9.10. The molecule has 1 heterocycles. The largest absolute Gasteiger partial charge is 0.384 e.